The zero-order chi connectivity index (χ0) is 30.0. The van der Waals surface area contributed by atoms with Crippen LogP contribution in [0.2, 0.25) is 5.02 Å². The predicted octanol–water partition coefficient (Wildman–Crippen LogP) is 6.04. The average molecular weight is 592 g/mol. The van der Waals surface area contributed by atoms with E-state index in [2.05, 4.69) is 25.8 Å². The number of nitrogens with zero attached hydrogens (tertiary/aromatic N) is 1. The molecule has 3 N–H and O–H groups in total. The van der Waals surface area contributed by atoms with Gasteiger partial charge in [0, 0.05) is 16.5 Å². The second kappa shape index (κ2) is 12.1. The maximum atomic E-state index is 13.5. The molecule has 0 saturated carbocycles. The second-order valence-corrected chi connectivity index (χ2v) is 14.1. The molecule has 0 spiro atoms. The Morgan fingerprint density at radius 3 is 2.33 bits per heavy atom. The van der Waals surface area contributed by atoms with Crippen LogP contribution in [-0.4, -0.2) is 55.3 Å². The monoisotopic (exact) mass is 591 g/mol. The van der Waals surface area contributed by atoms with Crippen LogP contribution >= 0.6 is 11.6 Å². The fraction of sp³-hybridized carbons (Fsp3) is 0.414. The lowest BCUT2D eigenvalue weighted by Crippen LogP contribution is -2.40. The molecule has 1 heterocycles. The maximum absolute atomic E-state index is 13.5. The topological polar surface area (TPSA) is 129 Å². The Kier molecular flexibility index (Phi) is 9.49. The minimum absolute atomic E-state index is 0.0212. The molecule has 11 heteroatoms. The molecule has 0 aliphatic rings. The number of phenols is 1. The lowest BCUT2D eigenvalue weighted by molar-refractivity contribution is 0.0158. The molecule has 1 aromatic heterocycles. The Morgan fingerprint density at radius 2 is 1.75 bits per heavy atom. The normalized spacial score (nSPS) is 13.6. The number of carbonyl (C=O) groups is 2. The van der Waals surface area contributed by atoms with E-state index in [0.717, 1.165) is 0 Å². The summed E-state index contributed by atoms with van der Waals surface area (Å²) in [4.78, 5) is 41.0. The van der Waals surface area contributed by atoms with Gasteiger partial charge in [0.1, 0.15) is 28.8 Å². The SMILES string of the molecule is C[S+](O[C@@H](CN(Cc1ccc(C(=O)O)cc1Cl)C(=O)OC(C)(C)C)c1ccc(O)c2[nH]c(=O)ccc12)C(C)(C)C. The van der Waals surface area contributed by atoms with E-state index >= 15 is 0 Å². The van der Waals surface area contributed by atoms with Gasteiger partial charge in [0.15, 0.2) is 10.9 Å². The number of amides is 1. The number of halogens is 1. The Balaban J connectivity index is 2.11. The Hall–Kier alpha value is -3.21. The number of H-pyrrole nitrogens is 1. The van der Waals surface area contributed by atoms with Crippen molar-refractivity contribution in [2.45, 2.75) is 64.5 Å². The van der Waals surface area contributed by atoms with E-state index in [-0.39, 0.29) is 45.2 Å². The molecule has 3 rings (SSSR count). The number of carbonyl (C=O) groups excluding carboxylic acids is 1. The van der Waals surface area contributed by atoms with Crippen LogP contribution in [0.25, 0.3) is 10.9 Å². The molecule has 0 radical (unpaired) electrons. The van der Waals surface area contributed by atoms with Crippen molar-refractivity contribution in [1.82, 2.24) is 9.88 Å². The fourth-order valence-corrected chi connectivity index (χ4v) is 4.83. The maximum Gasteiger partial charge on any atom is 0.410 e. The number of ether oxygens (including phenoxy) is 1. The molecule has 9 nitrogen and oxygen atoms in total. The number of fused-ring (bicyclic) bond motifs is 1. The molecule has 0 fully saturated rings. The minimum atomic E-state index is -1.11. The summed E-state index contributed by atoms with van der Waals surface area (Å²) >= 11 is 5.85. The highest BCUT2D eigenvalue weighted by Crippen LogP contribution is 2.35. The molecule has 2 atom stereocenters. The van der Waals surface area contributed by atoms with E-state index in [9.17, 15) is 24.6 Å². The highest BCUT2D eigenvalue weighted by Gasteiger charge is 2.38. The van der Waals surface area contributed by atoms with Gasteiger partial charge in [0.25, 0.3) is 0 Å². The van der Waals surface area contributed by atoms with E-state index < -0.39 is 34.9 Å². The van der Waals surface area contributed by atoms with Crippen molar-refractivity contribution < 1.29 is 28.7 Å². The van der Waals surface area contributed by atoms with Crippen molar-refractivity contribution in [1.29, 1.82) is 0 Å². The number of benzene rings is 2. The third-order valence-electron chi connectivity index (χ3n) is 6.08. The molecule has 1 amide bonds. The first kappa shape index (κ1) is 31.3. The van der Waals surface area contributed by atoms with Gasteiger partial charge in [-0.05, 0) is 76.9 Å². The molecule has 3 aromatic rings. The molecule has 0 aliphatic carbocycles. The molecule has 1 unspecified atom stereocenters. The van der Waals surface area contributed by atoms with Gasteiger partial charge < -0.3 is 24.8 Å². The summed E-state index contributed by atoms with van der Waals surface area (Å²) in [7, 11) is 0. The number of nitrogens with one attached hydrogen (secondary N) is 1. The fourth-order valence-electron chi connectivity index (χ4n) is 3.78. The number of aromatic amines is 1. The first-order valence-corrected chi connectivity index (χ1v) is 14.6. The Morgan fingerprint density at radius 1 is 1.07 bits per heavy atom. The van der Waals surface area contributed by atoms with Crippen LogP contribution in [0.15, 0.2) is 47.3 Å². The van der Waals surface area contributed by atoms with Crippen molar-refractivity contribution in [2.75, 3.05) is 12.8 Å². The summed E-state index contributed by atoms with van der Waals surface area (Å²) < 4.78 is 12.1. The first-order valence-electron chi connectivity index (χ1n) is 12.6. The number of carboxylic acids is 1. The standard InChI is InChI=1S/C29H35ClN2O7S/c1-28(2,3)38-27(37)32(15-18-9-8-17(26(35)36)14-21(18)30)16-23(39-40(7)29(4,5)6)19-10-12-22(33)25-20(19)11-13-24(34)31-25/h8-14,23H,15-16H2,1-7H3,(H2-,31,33,34,35,36)/p+1/t23-,40?/m0/s1. The predicted molar refractivity (Wildman–Crippen MR) is 158 cm³/mol. The van der Waals surface area contributed by atoms with Crippen molar-refractivity contribution >= 4 is 45.7 Å². The molecule has 0 bridgehead atoms. The Labute approximate surface area is 241 Å². The summed E-state index contributed by atoms with van der Waals surface area (Å²) in [5.74, 6) is -1.20. The lowest BCUT2D eigenvalue weighted by Gasteiger charge is -2.31. The summed E-state index contributed by atoms with van der Waals surface area (Å²) in [5.41, 5.74) is 0.339. The van der Waals surface area contributed by atoms with E-state index in [1.807, 2.05) is 6.26 Å². The molecule has 0 aliphatic heterocycles. The van der Waals surface area contributed by atoms with Crippen LogP contribution in [0, 0.1) is 0 Å². The minimum Gasteiger partial charge on any atom is -0.506 e. The molecular formula is C29H36ClN2O7S+. The van der Waals surface area contributed by atoms with Gasteiger partial charge in [-0.2, -0.15) is 4.18 Å². The quantitative estimate of drug-likeness (QED) is 0.272. The molecule has 216 valence electrons. The first-order chi connectivity index (χ1) is 18.5. The van der Waals surface area contributed by atoms with E-state index in [4.69, 9.17) is 20.5 Å². The van der Waals surface area contributed by atoms with Crippen LogP contribution in [0.1, 0.15) is 69.1 Å². The zero-order valence-electron chi connectivity index (χ0n) is 23.7. The van der Waals surface area contributed by atoms with E-state index in [1.165, 1.54) is 29.2 Å². The van der Waals surface area contributed by atoms with E-state index in [0.29, 0.717) is 16.5 Å². The van der Waals surface area contributed by atoms with Crippen LogP contribution in [0.3, 0.4) is 0 Å². The van der Waals surface area contributed by atoms with Gasteiger partial charge in [-0.1, -0.05) is 23.7 Å². The van der Waals surface area contributed by atoms with Crippen molar-refractivity contribution in [3.05, 3.63) is 74.5 Å². The van der Waals surface area contributed by atoms with Gasteiger partial charge in [0.05, 0.1) is 24.2 Å². The summed E-state index contributed by atoms with van der Waals surface area (Å²) in [6.07, 6.45) is 0.672. The number of carboxylic acid groups (broad SMARTS) is 1. The van der Waals surface area contributed by atoms with Crippen molar-refractivity contribution in [3.8, 4) is 5.75 Å². The number of hydrogen-bond acceptors (Lipinski definition) is 6. The highest BCUT2D eigenvalue weighted by molar-refractivity contribution is 7.93. The largest absolute Gasteiger partial charge is 0.506 e. The number of pyridine rings is 1. The number of rotatable bonds is 8. The van der Waals surface area contributed by atoms with Gasteiger partial charge in [-0.15, -0.1) is 0 Å². The van der Waals surface area contributed by atoms with Crippen LogP contribution < -0.4 is 5.56 Å². The third kappa shape index (κ3) is 7.93. The van der Waals surface area contributed by atoms with Crippen LogP contribution in [0.5, 0.6) is 5.75 Å². The van der Waals surface area contributed by atoms with Gasteiger partial charge >= 0.3 is 12.1 Å². The number of hydrogen-bond donors (Lipinski definition) is 3. The number of aromatic nitrogens is 1. The summed E-state index contributed by atoms with van der Waals surface area (Å²) in [6, 6.07) is 10.5. The van der Waals surface area contributed by atoms with Crippen molar-refractivity contribution in [3.63, 3.8) is 0 Å². The molecular weight excluding hydrogens is 556 g/mol. The number of aromatic hydroxyl groups is 1. The smallest absolute Gasteiger partial charge is 0.410 e. The number of aromatic carboxylic acids is 1. The second-order valence-electron chi connectivity index (χ2n) is 11.4. The molecule has 0 saturated heterocycles. The molecule has 40 heavy (non-hydrogen) atoms. The van der Waals surface area contributed by atoms with Gasteiger partial charge in [-0.25, -0.2) is 9.59 Å². The van der Waals surface area contributed by atoms with Gasteiger partial charge in [0.2, 0.25) is 5.56 Å². The summed E-state index contributed by atoms with van der Waals surface area (Å²) in [5, 5.41) is 20.5. The van der Waals surface area contributed by atoms with E-state index in [1.54, 1.807) is 39.0 Å². The molecule has 2 aromatic carbocycles. The van der Waals surface area contributed by atoms with Crippen molar-refractivity contribution in [2.24, 2.45) is 0 Å². The van der Waals surface area contributed by atoms with Gasteiger partial charge in [-0.3, -0.25) is 4.79 Å². The highest BCUT2D eigenvalue weighted by atomic mass is 35.5. The number of phenolic OH excluding ortho intramolecular Hbond substituents is 1. The summed E-state index contributed by atoms with van der Waals surface area (Å²) in [6.45, 7) is 11.5. The average Bonchev–Trinajstić information content (AvgIpc) is 2.82. The van der Waals surface area contributed by atoms with Crippen LogP contribution in [-0.2, 0) is 26.6 Å². The third-order valence-corrected chi connectivity index (χ3v) is 8.67. The Bertz CT molecular complexity index is 1460. The lowest BCUT2D eigenvalue weighted by atomic mass is 10.0. The zero-order valence-corrected chi connectivity index (χ0v) is 25.3. The van der Waals surface area contributed by atoms with Crippen LogP contribution in [0.4, 0.5) is 4.79 Å².